The summed E-state index contributed by atoms with van der Waals surface area (Å²) in [4.78, 5) is 29.4. The molecule has 2 aliphatic rings. The summed E-state index contributed by atoms with van der Waals surface area (Å²) in [7, 11) is 1.56. The Labute approximate surface area is 176 Å². The highest BCUT2D eigenvalue weighted by molar-refractivity contribution is 6.31. The maximum atomic E-state index is 13.2. The first-order valence-corrected chi connectivity index (χ1v) is 10.2. The molecule has 29 heavy (non-hydrogen) atoms. The van der Waals surface area contributed by atoms with Gasteiger partial charge in [0.2, 0.25) is 5.91 Å². The Morgan fingerprint density at radius 2 is 1.86 bits per heavy atom. The summed E-state index contributed by atoms with van der Waals surface area (Å²) < 4.78 is 5.25. The van der Waals surface area contributed by atoms with E-state index in [9.17, 15) is 9.59 Å². The van der Waals surface area contributed by atoms with Gasteiger partial charge >= 0.3 is 0 Å². The number of carbonyl (C=O) groups excluding carboxylic acids is 2. The van der Waals surface area contributed by atoms with E-state index in [0.29, 0.717) is 36.0 Å². The molecule has 2 saturated heterocycles. The number of likely N-dealkylation sites (tertiary alicyclic amines) is 2. The second-order valence-electron chi connectivity index (χ2n) is 7.99. The lowest BCUT2D eigenvalue weighted by molar-refractivity contribution is -0.130. The van der Waals surface area contributed by atoms with Crippen LogP contribution in [0.2, 0.25) is 5.02 Å². The van der Waals surface area contributed by atoms with Gasteiger partial charge in [-0.05, 0) is 36.2 Å². The number of halogens is 1. The average Bonchev–Trinajstić information content (AvgIpc) is 3.25. The number of rotatable bonds is 3. The van der Waals surface area contributed by atoms with Crippen molar-refractivity contribution in [2.24, 2.45) is 11.8 Å². The number of fused-ring (bicyclic) bond motifs is 1. The lowest BCUT2D eigenvalue weighted by Crippen LogP contribution is -2.36. The van der Waals surface area contributed by atoms with Crippen molar-refractivity contribution in [1.29, 1.82) is 0 Å². The lowest BCUT2D eigenvalue weighted by atomic mass is 9.87. The molecule has 2 amide bonds. The van der Waals surface area contributed by atoms with E-state index in [-0.39, 0.29) is 29.7 Å². The molecule has 2 aromatic rings. The Kier molecular flexibility index (Phi) is 5.26. The summed E-state index contributed by atoms with van der Waals surface area (Å²) in [5.74, 6) is 1.11. The Balaban J connectivity index is 1.61. The van der Waals surface area contributed by atoms with E-state index in [2.05, 4.69) is 19.1 Å². The van der Waals surface area contributed by atoms with Crippen LogP contribution in [-0.2, 0) is 4.79 Å². The number of hydrogen-bond acceptors (Lipinski definition) is 3. The highest BCUT2D eigenvalue weighted by Gasteiger charge is 2.49. The fourth-order valence-corrected chi connectivity index (χ4v) is 5.06. The molecule has 5 nitrogen and oxygen atoms in total. The van der Waals surface area contributed by atoms with E-state index in [1.807, 2.05) is 21.9 Å². The number of hydrogen-bond donors (Lipinski definition) is 0. The third-order valence-electron chi connectivity index (χ3n) is 6.22. The fraction of sp³-hybridized carbons (Fsp3) is 0.391. The summed E-state index contributed by atoms with van der Waals surface area (Å²) in [5, 5.41) is 0.479. The second kappa shape index (κ2) is 7.71. The normalized spacial score (nSPS) is 23.2. The standard InChI is InChI=1S/C23H25ClN2O3/c1-14-6-4-5-7-20(14)22-21-13-25(11-17(21)12-26(22)15(2)27)23(28)16-8-18(24)10-19(9-16)29-3/h4-10,17,21-22H,11-13H2,1-3H3/t17-,21-,22-/m1/s1. The predicted molar refractivity (Wildman–Crippen MR) is 112 cm³/mol. The summed E-state index contributed by atoms with van der Waals surface area (Å²) in [5.41, 5.74) is 2.88. The van der Waals surface area contributed by atoms with Gasteiger partial charge in [0.1, 0.15) is 5.75 Å². The number of aryl methyl sites for hydroxylation is 1. The van der Waals surface area contributed by atoms with Crippen molar-refractivity contribution in [2.75, 3.05) is 26.7 Å². The van der Waals surface area contributed by atoms with Crippen molar-refractivity contribution in [3.05, 3.63) is 64.2 Å². The highest BCUT2D eigenvalue weighted by Crippen LogP contribution is 2.46. The number of benzene rings is 2. The van der Waals surface area contributed by atoms with Gasteiger partial charge in [-0.3, -0.25) is 9.59 Å². The van der Waals surface area contributed by atoms with E-state index in [1.54, 1.807) is 32.2 Å². The van der Waals surface area contributed by atoms with Crippen LogP contribution in [0, 0.1) is 18.8 Å². The molecule has 6 heteroatoms. The first-order chi connectivity index (χ1) is 13.9. The Bertz CT molecular complexity index is 961. The highest BCUT2D eigenvalue weighted by atomic mass is 35.5. The minimum absolute atomic E-state index is 0.00500. The number of ether oxygens (including phenoxy) is 1. The number of carbonyl (C=O) groups is 2. The maximum Gasteiger partial charge on any atom is 0.254 e. The molecular weight excluding hydrogens is 388 g/mol. The van der Waals surface area contributed by atoms with E-state index in [4.69, 9.17) is 16.3 Å². The lowest BCUT2D eigenvalue weighted by Gasteiger charge is -2.30. The molecule has 0 bridgehead atoms. The molecule has 152 valence electrons. The van der Waals surface area contributed by atoms with E-state index in [1.165, 1.54) is 11.1 Å². The van der Waals surface area contributed by atoms with Gasteiger partial charge in [-0.25, -0.2) is 0 Å². The van der Waals surface area contributed by atoms with Crippen molar-refractivity contribution >= 4 is 23.4 Å². The first-order valence-electron chi connectivity index (χ1n) is 9.85. The third-order valence-corrected chi connectivity index (χ3v) is 6.44. The summed E-state index contributed by atoms with van der Waals surface area (Å²) >= 11 is 6.16. The molecule has 3 atom stereocenters. The summed E-state index contributed by atoms with van der Waals surface area (Å²) in [6.07, 6.45) is 0. The monoisotopic (exact) mass is 412 g/mol. The van der Waals surface area contributed by atoms with Gasteiger partial charge in [-0.2, -0.15) is 0 Å². The molecule has 0 radical (unpaired) electrons. The first kappa shape index (κ1) is 19.8. The fourth-order valence-electron chi connectivity index (χ4n) is 4.84. The molecule has 0 N–H and O–H groups in total. The molecule has 2 aromatic carbocycles. The Morgan fingerprint density at radius 1 is 1.10 bits per heavy atom. The van der Waals surface area contributed by atoms with Crippen molar-refractivity contribution < 1.29 is 14.3 Å². The minimum atomic E-state index is -0.0434. The van der Waals surface area contributed by atoms with Crippen LogP contribution in [0.3, 0.4) is 0 Å². The number of methoxy groups -OCH3 is 1. The average molecular weight is 413 g/mol. The van der Waals surface area contributed by atoms with Crippen LogP contribution < -0.4 is 4.74 Å². The van der Waals surface area contributed by atoms with Crippen LogP contribution in [0.5, 0.6) is 5.75 Å². The van der Waals surface area contributed by atoms with Crippen molar-refractivity contribution in [1.82, 2.24) is 9.80 Å². The number of nitrogens with zero attached hydrogens (tertiary/aromatic N) is 2. The van der Waals surface area contributed by atoms with E-state index in [0.717, 1.165) is 0 Å². The molecule has 0 aromatic heterocycles. The Morgan fingerprint density at radius 3 is 2.55 bits per heavy atom. The van der Waals surface area contributed by atoms with Gasteiger partial charge in [-0.15, -0.1) is 0 Å². The van der Waals surface area contributed by atoms with Crippen molar-refractivity contribution in [3.63, 3.8) is 0 Å². The zero-order chi connectivity index (χ0) is 20.7. The zero-order valence-corrected chi connectivity index (χ0v) is 17.6. The zero-order valence-electron chi connectivity index (χ0n) is 16.9. The van der Waals surface area contributed by atoms with Gasteiger partial charge < -0.3 is 14.5 Å². The maximum absolute atomic E-state index is 13.2. The predicted octanol–water partition coefficient (Wildman–Crippen LogP) is 3.95. The molecule has 2 fully saturated rings. The van der Waals surface area contributed by atoms with Crippen molar-refractivity contribution in [3.8, 4) is 5.75 Å². The number of amides is 2. The summed E-state index contributed by atoms with van der Waals surface area (Å²) in [6.45, 7) is 5.66. The minimum Gasteiger partial charge on any atom is -0.497 e. The van der Waals surface area contributed by atoms with Crippen LogP contribution in [0.4, 0.5) is 0 Å². The SMILES string of the molecule is COc1cc(Cl)cc(C(=O)N2C[C@@H]3CN(C(C)=O)[C@H](c4ccccc4C)[C@@H]3C2)c1. The summed E-state index contributed by atoms with van der Waals surface area (Å²) in [6, 6.07) is 13.3. The molecule has 0 aliphatic carbocycles. The largest absolute Gasteiger partial charge is 0.497 e. The van der Waals surface area contributed by atoms with Crippen LogP contribution in [0.1, 0.15) is 34.5 Å². The second-order valence-corrected chi connectivity index (χ2v) is 8.42. The molecule has 2 heterocycles. The van der Waals surface area contributed by atoms with Crippen LogP contribution in [-0.4, -0.2) is 48.4 Å². The van der Waals surface area contributed by atoms with E-state index < -0.39 is 0 Å². The third kappa shape index (κ3) is 3.60. The van der Waals surface area contributed by atoms with Gasteiger partial charge in [0, 0.05) is 49.0 Å². The van der Waals surface area contributed by atoms with Gasteiger partial charge in [0.15, 0.2) is 0 Å². The van der Waals surface area contributed by atoms with E-state index >= 15 is 0 Å². The van der Waals surface area contributed by atoms with Crippen LogP contribution in [0.25, 0.3) is 0 Å². The molecule has 2 aliphatic heterocycles. The van der Waals surface area contributed by atoms with Crippen LogP contribution >= 0.6 is 11.6 Å². The van der Waals surface area contributed by atoms with Gasteiger partial charge in [0.25, 0.3) is 5.91 Å². The molecule has 0 unspecified atom stereocenters. The molecular formula is C23H25ClN2O3. The Hall–Kier alpha value is -2.53. The van der Waals surface area contributed by atoms with Gasteiger partial charge in [0.05, 0.1) is 13.2 Å². The van der Waals surface area contributed by atoms with Gasteiger partial charge in [-0.1, -0.05) is 35.9 Å². The molecule has 4 rings (SSSR count). The topological polar surface area (TPSA) is 49.9 Å². The van der Waals surface area contributed by atoms with Crippen molar-refractivity contribution in [2.45, 2.75) is 19.9 Å². The van der Waals surface area contributed by atoms with Crippen LogP contribution in [0.15, 0.2) is 42.5 Å². The smallest absolute Gasteiger partial charge is 0.254 e. The quantitative estimate of drug-likeness (QED) is 0.767. The molecule has 0 spiro atoms. The molecule has 0 saturated carbocycles.